The molecular weight excluding hydrogens is 388 g/mol. The summed E-state index contributed by atoms with van der Waals surface area (Å²) in [5.41, 5.74) is 0.800. The van der Waals surface area contributed by atoms with Gasteiger partial charge in [-0.05, 0) is 11.8 Å². The maximum Gasteiger partial charge on any atom is 0.416 e. The van der Waals surface area contributed by atoms with Crippen molar-refractivity contribution in [2.45, 2.75) is 13.2 Å². The minimum absolute atomic E-state index is 0.0194. The fourth-order valence-corrected chi connectivity index (χ4v) is 3.27. The zero-order valence-corrected chi connectivity index (χ0v) is 15.4. The topological polar surface area (TPSA) is 97.9 Å². The van der Waals surface area contributed by atoms with Gasteiger partial charge in [-0.25, -0.2) is 24.8 Å². The lowest BCUT2D eigenvalue weighted by Crippen LogP contribution is -2.35. The second-order valence-corrected chi connectivity index (χ2v) is 7.00. The molecule has 0 aliphatic carbocycles. The number of carbonyl (C=O) groups excluding carboxylic acids is 1. The molecule has 1 amide bonds. The first-order valence-corrected chi connectivity index (χ1v) is 9.27. The summed E-state index contributed by atoms with van der Waals surface area (Å²) in [6.07, 6.45) is 2.33. The molecule has 0 saturated carbocycles. The van der Waals surface area contributed by atoms with Gasteiger partial charge < -0.3 is 4.74 Å². The summed E-state index contributed by atoms with van der Waals surface area (Å²) in [4.78, 5) is 28.8. The van der Waals surface area contributed by atoms with Crippen LogP contribution in [-0.4, -0.2) is 32.4 Å². The molecule has 2 aromatic rings. The van der Waals surface area contributed by atoms with Crippen molar-refractivity contribution in [3.63, 3.8) is 0 Å². The van der Waals surface area contributed by atoms with Crippen molar-refractivity contribution in [1.29, 1.82) is 0 Å². The number of amides is 1. The fraction of sp³-hybridized carbons (Fsp3) is 0.214. The van der Waals surface area contributed by atoms with Gasteiger partial charge >= 0.3 is 6.09 Å². The number of thioether (sulfide) groups is 1. The Balaban J connectivity index is 2.17. The Bertz CT molecular complexity index is 769. The molecule has 0 radical (unpaired) electrons. The van der Waals surface area contributed by atoms with Crippen molar-refractivity contribution in [3.8, 4) is 0 Å². The number of hydrazone groups is 1. The Labute approximate surface area is 156 Å². The summed E-state index contributed by atoms with van der Waals surface area (Å²) in [7, 11) is 0. The summed E-state index contributed by atoms with van der Waals surface area (Å²) in [5.74, 6) is 0. The summed E-state index contributed by atoms with van der Waals surface area (Å²) in [6.45, 7) is 0.0608. The van der Waals surface area contributed by atoms with Crippen LogP contribution < -0.4 is 0 Å². The van der Waals surface area contributed by atoms with E-state index < -0.39 is 11.1 Å². The van der Waals surface area contributed by atoms with Gasteiger partial charge in [0.25, 0.3) is 0 Å². The highest BCUT2D eigenvalue weighted by Crippen LogP contribution is 2.21. The predicted molar refractivity (Wildman–Crippen MR) is 97.2 cm³/mol. The van der Waals surface area contributed by atoms with Gasteiger partial charge in [0.05, 0.1) is 11.6 Å². The van der Waals surface area contributed by atoms with Crippen LogP contribution in [0.3, 0.4) is 0 Å². The molecule has 2 rings (SSSR count). The number of benzene rings is 1. The number of thiazole rings is 1. The molecule has 1 aromatic carbocycles. The van der Waals surface area contributed by atoms with Gasteiger partial charge in [-0.1, -0.05) is 53.7 Å². The van der Waals surface area contributed by atoms with Gasteiger partial charge in [-0.3, -0.25) is 0 Å². The zero-order chi connectivity index (χ0) is 18.2. The second-order valence-electron chi connectivity index (χ2n) is 4.53. The second kappa shape index (κ2) is 9.35. The molecule has 8 nitrogen and oxygen atoms in total. The number of halogens is 1. The normalized spacial score (nSPS) is 11.2. The Morgan fingerprint density at radius 1 is 1.48 bits per heavy atom. The smallest absolute Gasteiger partial charge is 0.416 e. The van der Waals surface area contributed by atoms with E-state index in [2.05, 4.69) is 10.1 Å². The Hall–Kier alpha value is -2.17. The number of hydrogen-bond acceptors (Lipinski definition) is 7. The van der Waals surface area contributed by atoms with Crippen molar-refractivity contribution in [1.82, 2.24) is 9.88 Å². The van der Waals surface area contributed by atoms with E-state index in [1.54, 1.807) is 18.4 Å². The summed E-state index contributed by atoms with van der Waals surface area (Å²) >= 11 is 7.92. The van der Waals surface area contributed by atoms with Crippen LogP contribution >= 0.6 is 34.7 Å². The molecule has 0 saturated heterocycles. The van der Waals surface area contributed by atoms with E-state index in [4.69, 9.17) is 16.3 Å². The molecule has 0 atom stereocenters. The molecule has 0 N–H and O–H groups in total. The molecule has 25 heavy (non-hydrogen) atoms. The third-order valence-corrected chi connectivity index (χ3v) is 4.61. The van der Waals surface area contributed by atoms with Crippen LogP contribution in [0.4, 0.5) is 4.79 Å². The van der Waals surface area contributed by atoms with E-state index in [0.717, 1.165) is 22.2 Å². The lowest BCUT2D eigenvalue weighted by Gasteiger charge is -2.19. The third kappa shape index (κ3) is 6.00. The molecule has 0 bridgehead atoms. The van der Waals surface area contributed by atoms with Crippen molar-refractivity contribution >= 4 is 46.0 Å². The van der Waals surface area contributed by atoms with E-state index in [1.807, 2.05) is 18.2 Å². The van der Waals surface area contributed by atoms with Crippen LogP contribution in [0, 0.1) is 10.1 Å². The first-order chi connectivity index (χ1) is 12.0. The first-order valence-electron chi connectivity index (χ1n) is 6.85. The predicted octanol–water partition coefficient (Wildman–Crippen LogP) is 3.85. The van der Waals surface area contributed by atoms with E-state index in [1.165, 1.54) is 17.5 Å². The molecule has 0 aliphatic heterocycles. The van der Waals surface area contributed by atoms with Crippen LogP contribution in [0.25, 0.3) is 0 Å². The van der Waals surface area contributed by atoms with Gasteiger partial charge in [0.15, 0.2) is 9.50 Å². The van der Waals surface area contributed by atoms with E-state index in [0.29, 0.717) is 9.34 Å². The Kier molecular flexibility index (Phi) is 7.16. The molecule has 0 aliphatic rings. The molecule has 0 unspecified atom stereocenters. The molecule has 1 aromatic heterocycles. The number of hydrogen-bond donors (Lipinski definition) is 0. The van der Waals surface area contributed by atoms with Crippen LogP contribution in [0.5, 0.6) is 0 Å². The molecule has 11 heteroatoms. The molecule has 1 heterocycles. The number of nitrogens with zero attached hydrogens (tertiary/aromatic N) is 4. The summed E-state index contributed by atoms with van der Waals surface area (Å²) < 4.78 is 5.56. The molecular formula is C14H13ClN4O4S2. The number of amidine groups is 1. The van der Waals surface area contributed by atoms with Crippen LogP contribution in [0.2, 0.25) is 4.47 Å². The standard InChI is InChI=1S/C14H13ClN4O4S2/c1-24-13(17-19(21)22)18(8-11-7-16-12(15)25-11)14(20)23-9-10-5-3-2-4-6-10/h2-7H,8-9H2,1H3. The number of carbonyl (C=O) groups is 1. The van der Waals surface area contributed by atoms with Gasteiger partial charge in [0.1, 0.15) is 6.61 Å². The zero-order valence-electron chi connectivity index (χ0n) is 13.0. The number of aromatic nitrogens is 1. The fourth-order valence-electron chi connectivity index (χ4n) is 1.79. The first kappa shape index (κ1) is 19.2. The quantitative estimate of drug-likeness (QED) is 0.327. The maximum atomic E-state index is 12.4. The minimum atomic E-state index is -0.858. The van der Waals surface area contributed by atoms with E-state index in [-0.39, 0.29) is 18.3 Å². The monoisotopic (exact) mass is 400 g/mol. The van der Waals surface area contributed by atoms with Crippen LogP contribution in [-0.2, 0) is 17.9 Å². The highest BCUT2D eigenvalue weighted by Gasteiger charge is 2.25. The van der Waals surface area contributed by atoms with Crippen molar-refractivity contribution in [2.75, 3.05) is 6.26 Å². The number of nitro groups is 1. The third-order valence-electron chi connectivity index (χ3n) is 2.85. The van der Waals surface area contributed by atoms with Gasteiger partial charge in [0, 0.05) is 11.1 Å². The largest absolute Gasteiger partial charge is 0.444 e. The lowest BCUT2D eigenvalue weighted by atomic mass is 10.2. The van der Waals surface area contributed by atoms with Gasteiger partial charge in [0.2, 0.25) is 5.17 Å². The van der Waals surface area contributed by atoms with Crippen LogP contribution in [0.15, 0.2) is 41.6 Å². The maximum absolute atomic E-state index is 12.4. The van der Waals surface area contributed by atoms with Crippen molar-refractivity contribution < 1.29 is 14.6 Å². The minimum Gasteiger partial charge on any atom is -0.444 e. The van der Waals surface area contributed by atoms with Crippen LogP contribution in [0.1, 0.15) is 10.4 Å². The lowest BCUT2D eigenvalue weighted by molar-refractivity contribution is -0.485. The highest BCUT2D eigenvalue weighted by atomic mass is 35.5. The molecule has 0 fully saturated rings. The highest BCUT2D eigenvalue weighted by molar-refractivity contribution is 8.13. The molecule has 132 valence electrons. The van der Waals surface area contributed by atoms with E-state index in [9.17, 15) is 14.9 Å². The van der Waals surface area contributed by atoms with Gasteiger partial charge in [-0.15, -0.1) is 11.3 Å². The summed E-state index contributed by atoms with van der Waals surface area (Å²) in [5, 5.41) is 13.0. The molecule has 0 spiro atoms. The number of rotatable bonds is 5. The van der Waals surface area contributed by atoms with Gasteiger partial charge in [-0.2, -0.15) is 0 Å². The van der Waals surface area contributed by atoms with Crippen molar-refractivity contribution in [2.24, 2.45) is 5.10 Å². The Morgan fingerprint density at radius 3 is 2.76 bits per heavy atom. The SMILES string of the molecule is CSC(=N[N+](=O)[O-])N(Cc1cnc(Cl)s1)C(=O)OCc1ccccc1. The number of ether oxygens (including phenoxy) is 1. The summed E-state index contributed by atoms with van der Waals surface area (Å²) in [6, 6.07) is 9.10. The average molecular weight is 401 g/mol. The van der Waals surface area contributed by atoms with Crippen molar-refractivity contribution in [3.05, 3.63) is 61.6 Å². The Morgan fingerprint density at radius 2 is 2.20 bits per heavy atom. The van der Waals surface area contributed by atoms with E-state index >= 15 is 0 Å². The average Bonchev–Trinajstić information content (AvgIpc) is 3.01.